The van der Waals surface area contributed by atoms with E-state index in [4.69, 9.17) is 16.3 Å². The van der Waals surface area contributed by atoms with Crippen LogP contribution in [0.25, 0.3) is 27.8 Å². The molecule has 0 fully saturated rings. The average molecular weight is 477 g/mol. The molecule has 5 aromatic rings. The van der Waals surface area contributed by atoms with E-state index >= 15 is 4.39 Å². The summed E-state index contributed by atoms with van der Waals surface area (Å²) in [5.74, 6) is -0.190. The SMILES string of the molecule is COc1ccccc1-n1[nH]c2cc(=O)n(Cc3cccnc3)c(-c3ccc(Cl)cc3F)c2c1=O. The predicted octanol–water partition coefficient (Wildman–Crippen LogP) is 4.39. The predicted molar refractivity (Wildman–Crippen MR) is 128 cm³/mol. The van der Waals surface area contributed by atoms with Crippen molar-refractivity contribution in [2.45, 2.75) is 6.54 Å². The minimum absolute atomic E-state index is 0.0827. The maximum Gasteiger partial charge on any atom is 0.281 e. The van der Waals surface area contributed by atoms with Crippen LogP contribution in [-0.4, -0.2) is 26.4 Å². The summed E-state index contributed by atoms with van der Waals surface area (Å²) in [6.45, 7) is 0.0965. The number of hydrogen-bond donors (Lipinski definition) is 1. The van der Waals surface area contributed by atoms with Crippen LogP contribution in [0, 0.1) is 5.82 Å². The molecular weight excluding hydrogens is 459 g/mol. The van der Waals surface area contributed by atoms with Crippen LogP contribution in [0.4, 0.5) is 4.39 Å². The number of pyridine rings is 2. The van der Waals surface area contributed by atoms with Gasteiger partial charge in [0.2, 0.25) is 0 Å². The Morgan fingerprint density at radius 2 is 1.91 bits per heavy atom. The number of ether oxygens (including phenoxy) is 1. The highest BCUT2D eigenvalue weighted by atomic mass is 35.5. The third-order valence-corrected chi connectivity index (χ3v) is 5.77. The van der Waals surface area contributed by atoms with Gasteiger partial charge in [-0.2, -0.15) is 0 Å². The van der Waals surface area contributed by atoms with Crippen LogP contribution >= 0.6 is 11.6 Å². The van der Waals surface area contributed by atoms with Crippen molar-refractivity contribution in [1.29, 1.82) is 0 Å². The molecule has 0 aliphatic rings. The molecule has 9 heteroatoms. The maximum atomic E-state index is 15.1. The van der Waals surface area contributed by atoms with Gasteiger partial charge in [0, 0.05) is 29.0 Å². The fraction of sp³-hybridized carbons (Fsp3) is 0.0800. The molecular formula is C25H18ClFN4O3. The van der Waals surface area contributed by atoms with E-state index in [0.717, 1.165) is 11.6 Å². The van der Waals surface area contributed by atoms with E-state index in [2.05, 4.69) is 10.1 Å². The molecule has 34 heavy (non-hydrogen) atoms. The van der Waals surface area contributed by atoms with Gasteiger partial charge in [0.05, 0.1) is 30.3 Å². The Morgan fingerprint density at radius 1 is 1.09 bits per heavy atom. The first-order chi connectivity index (χ1) is 16.5. The van der Waals surface area contributed by atoms with Gasteiger partial charge in [0.1, 0.15) is 17.3 Å². The number of halogens is 2. The molecule has 3 aromatic heterocycles. The first-order valence-electron chi connectivity index (χ1n) is 10.3. The maximum absolute atomic E-state index is 15.1. The van der Waals surface area contributed by atoms with E-state index < -0.39 is 16.9 Å². The van der Waals surface area contributed by atoms with Crippen molar-refractivity contribution in [1.82, 2.24) is 19.3 Å². The number of rotatable bonds is 5. The second-order valence-electron chi connectivity index (χ2n) is 7.62. The minimum atomic E-state index is -0.649. The molecule has 0 saturated heterocycles. The summed E-state index contributed by atoms with van der Waals surface area (Å²) >= 11 is 5.97. The molecule has 5 rings (SSSR count). The number of aromatic nitrogens is 4. The average Bonchev–Trinajstić information content (AvgIpc) is 3.16. The highest BCUT2D eigenvalue weighted by Crippen LogP contribution is 2.30. The van der Waals surface area contributed by atoms with E-state index in [9.17, 15) is 9.59 Å². The standard InChI is InChI=1S/C25H18ClFN4O3/c1-34-21-7-3-2-6-20(21)31-25(33)23-19(29-31)12-22(32)30(14-15-5-4-10-28-13-15)24(23)17-9-8-16(26)11-18(17)27/h2-13,29H,14H2,1H3. The molecule has 0 bridgehead atoms. The van der Waals surface area contributed by atoms with Gasteiger partial charge in [-0.3, -0.25) is 19.7 Å². The molecule has 0 radical (unpaired) electrons. The quantitative estimate of drug-likeness (QED) is 0.408. The minimum Gasteiger partial charge on any atom is -0.494 e. The summed E-state index contributed by atoms with van der Waals surface area (Å²) in [6.07, 6.45) is 3.23. The Morgan fingerprint density at radius 3 is 2.65 bits per heavy atom. The Balaban J connectivity index is 1.87. The zero-order valence-electron chi connectivity index (χ0n) is 18.0. The first-order valence-corrected chi connectivity index (χ1v) is 10.7. The van der Waals surface area contributed by atoms with Gasteiger partial charge in [-0.25, -0.2) is 9.07 Å². The van der Waals surface area contributed by atoms with Crippen LogP contribution in [-0.2, 0) is 6.54 Å². The number of fused-ring (bicyclic) bond motifs is 1. The Labute approximate surface area is 197 Å². The summed E-state index contributed by atoms with van der Waals surface area (Å²) in [4.78, 5) is 31.0. The van der Waals surface area contributed by atoms with Crippen LogP contribution in [0.5, 0.6) is 5.75 Å². The van der Waals surface area contributed by atoms with Crippen molar-refractivity contribution in [2.75, 3.05) is 7.11 Å². The monoisotopic (exact) mass is 476 g/mol. The molecule has 2 aromatic carbocycles. The lowest BCUT2D eigenvalue weighted by Crippen LogP contribution is -2.24. The van der Waals surface area contributed by atoms with Gasteiger partial charge in [0.25, 0.3) is 11.1 Å². The van der Waals surface area contributed by atoms with Crippen LogP contribution in [0.2, 0.25) is 5.02 Å². The molecule has 0 unspecified atom stereocenters. The van der Waals surface area contributed by atoms with E-state index in [1.165, 1.54) is 34.6 Å². The largest absolute Gasteiger partial charge is 0.494 e. The van der Waals surface area contributed by atoms with Crippen LogP contribution in [0.15, 0.2) is 82.6 Å². The first kappa shape index (κ1) is 21.7. The number of H-pyrrole nitrogens is 1. The van der Waals surface area contributed by atoms with Gasteiger partial charge in [-0.05, 0) is 42.0 Å². The summed E-state index contributed by atoms with van der Waals surface area (Å²) in [7, 11) is 1.50. The molecule has 170 valence electrons. The molecule has 0 saturated carbocycles. The van der Waals surface area contributed by atoms with E-state index in [0.29, 0.717) is 11.4 Å². The summed E-state index contributed by atoms with van der Waals surface area (Å²) < 4.78 is 23.2. The molecule has 0 aliphatic heterocycles. The van der Waals surface area contributed by atoms with Crippen molar-refractivity contribution in [3.8, 4) is 22.7 Å². The van der Waals surface area contributed by atoms with Gasteiger partial charge < -0.3 is 9.30 Å². The van der Waals surface area contributed by atoms with Crippen molar-refractivity contribution < 1.29 is 9.13 Å². The number of nitrogens with zero attached hydrogens (tertiary/aromatic N) is 3. The van der Waals surface area contributed by atoms with Crippen LogP contribution in [0.3, 0.4) is 0 Å². The molecule has 0 atom stereocenters. The van der Waals surface area contributed by atoms with Gasteiger partial charge >= 0.3 is 0 Å². The van der Waals surface area contributed by atoms with Gasteiger partial charge in [-0.1, -0.05) is 29.8 Å². The number of methoxy groups -OCH3 is 1. The fourth-order valence-electron chi connectivity index (χ4n) is 4.01. The number of para-hydroxylation sites is 2. The molecule has 0 spiro atoms. The van der Waals surface area contributed by atoms with Crippen LogP contribution in [0.1, 0.15) is 5.56 Å². The molecule has 0 amide bonds. The second kappa shape index (κ2) is 8.64. The normalized spacial score (nSPS) is 11.1. The van der Waals surface area contributed by atoms with E-state index in [-0.39, 0.29) is 33.7 Å². The summed E-state index contributed by atoms with van der Waals surface area (Å²) in [5.41, 5.74) is 0.820. The number of nitrogens with one attached hydrogen (secondary N) is 1. The van der Waals surface area contributed by atoms with Crippen molar-refractivity contribution in [3.63, 3.8) is 0 Å². The lowest BCUT2D eigenvalue weighted by molar-refractivity contribution is 0.411. The highest BCUT2D eigenvalue weighted by Gasteiger charge is 2.22. The number of benzene rings is 2. The number of aromatic amines is 1. The third kappa shape index (κ3) is 3.68. The highest BCUT2D eigenvalue weighted by molar-refractivity contribution is 6.30. The smallest absolute Gasteiger partial charge is 0.281 e. The molecule has 1 N–H and O–H groups in total. The zero-order chi connectivity index (χ0) is 23.8. The Hall–Kier alpha value is -4.17. The van der Waals surface area contributed by atoms with E-state index in [1.54, 1.807) is 48.8 Å². The zero-order valence-corrected chi connectivity index (χ0v) is 18.7. The van der Waals surface area contributed by atoms with Crippen molar-refractivity contribution >= 4 is 22.5 Å². The molecule has 0 aliphatic carbocycles. The second-order valence-corrected chi connectivity index (χ2v) is 8.05. The molecule has 7 nitrogen and oxygen atoms in total. The Kier molecular flexibility index (Phi) is 5.51. The fourth-order valence-corrected chi connectivity index (χ4v) is 4.17. The van der Waals surface area contributed by atoms with Gasteiger partial charge in [0.15, 0.2) is 0 Å². The molecule has 3 heterocycles. The topological polar surface area (TPSA) is 81.9 Å². The summed E-state index contributed by atoms with van der Waals surface area (Å²) in [6, 6.07) is 16.0. The lowest BCUT2D eigenvalue weighted by atomic mass is 10.1. The van der Waals surface area contributed by atoms with Crippen molar-refractivity contribution in [2.24, 2.45) is 0 Å². The van der Waals surface area contributed by atoms with E-state index in [1.807, 2.05) is 0 Å². The van der Waals surface area contributed by atoms with Crippen molar-refractivity contribution in [3.05, 3.63) is 110 Å². The van der Waals surface area contributed by atoms with Crippen LogP contribution < -0.4 is 15.9 Å². The van der Waals surface area contributed by atoms with Gasteiger partial charge in [-0.15, -0.1) is 0 Å². The summed E-state index contributed by atoms with van der Waals surface area (Å²) in [5, 5.41) is 3.34. The Bertz CT molecular complexity index is 1640. The third-order valence-electron chi connectivity index (χ3n) is 5.53. The lowest BCUT2D eigenvalue weighted by Gasteiger charge is -2.14. The number of hydrogen-bond acceptors (Lipinski definition) is 4.